The largest absolute Gasteiger partial charge is 0.379 e. The molecule has 4 N–H and O–H groups in total. The fourth-order valence-electron chi connectivity index (χ4n) is 1.71. The van der Waals surface area contributed by atoms with Gasteiger partial charge in [0.2, 0.25) is 11.5 Å². The van der Waals surface area contributed by atoms with Gasteiger partial charge in [0.15, 0.2) is 0 Å². The molecule has 0 aliphatic heterocycles. The first-order valence-electron chi connectivity index (χ1n) is 6.29. The number of hydrogen-bond acceptors (Lipinski definition) is 6. The van der Waals surface area contributed by atoms with Gasteiger partial charge in [0.05, 0.1) is 0 Å². The van der Waals surface area contributed by atoms with Crippen LogP contribution in [0, 0.1) is 6.92 Å². The third-order valence-electron chi connectivity index (χ3n) is 2.81. The molecule has 0 aliphatic carbocycles. The molecular formula is C13H15N5O3. The maximum Gasteiger partial charge on any atom is 0.277 e. The minimum Gasteiger partial charge on any atom is -0.379 e. The number of rotatable bonds is 5. The Balaban J connectivity index is 1.78. The average molecular weight is 289 g/mol. The number of aromatic nitrogens is 2. The van der Waals surface area contributed by atoms with E-state index in [1.165, 1.54) is 0 Å². The van der Waals surface area contributed by atoms with Gasteiger partial charge in [0.25, 0.3) is 11.8 Å². The normalized spacial score (nSPS) is 10.1. The maximum atomic E-state index is 11.9. The SMILES string of the molecule is Cc1ccccc1C(=O)NCCNC(=O)c1nonc1N. The number of hydrogen-bond donors (Lipinski definition) is 3. The number of nitrogen functional groups attached to an aromatic ring is 1. The average Bonchev–Trinajstić information content (AvgIpc) is 2.90. The number of carbonyl (C=O) groups is 2. The van der Waals surface area contributed by atoms with Crippen molar-refractivity contribution in [2.45, 2.75) is 6.92 Å². The minimum absolute atomic E-state index is 0.0692. The molecular weight excluding hydrogens is 274 g/mol. The quantitative estimate of drug-likeness (QED) is 0.672. The molecule has 2 rings (SSSR count). The van der Waals surface area contributed by atoms with Crippen LogP contribution in [0.1, 0.15) is 26.4 Å². The third-order valence-corrected chi connectivity index (χ3v) is 2.81. The summed E-state index contributed by atoms with van der Waals surface area (Å²) in [6.07, 6.45) is 0. The van der Waals surface area contributed by atoms with Crippen LogP contribution in [-0.4, -0.2) is 35.2 Å². The lowest BCUT2D eigenvalue weighted by molar-refractivity contribution is 0.0922. The highest BCUT2D eigenvalue weighted by Crippen LogP contribution is 2.06. The second-order valence-electron chi connectivity index (χ2n) is 4.32. The molecule has 0 radical (unpaired) electrons. The van der Waals surface area contributed by atoms with E-state index in [1.807, 2.05) is 19.1 Å². The molecule has 2 aromatic rings. The Bertz CT molecular complexity index is 653. The Morgan fingerprint density at radius 1 is 1.14 bits per heavy atom. The predicted molar refractivity (Wildman–Crippen MR) is 74.6 cm³/mol. The number of benzene rings is 1. The first-order chi connectivity index (χ1) is 10.1. The van der Waals surface area contributed by atoms with Crippen molar-refractivity contribution >= 4 is 17.6 Å². The summed E-state index contributed by atoms with van der Waals surface area (Å²) in [6, 6.07) is 7.26. The van der Waals surface area contributed by atoms with Crippen LogP contribution >= 0.6 is 0 Å². The van der Waals surface area contributed by atoms with Crippen LogP contribution in [0.15, 0.2) is 28.9 Å². The molecule has 0 fully saturated rings. The van der Waals surface area contributed by atoms with Crippen molar-refractivity contribution in [2.75, 3.05) is 18.8 Å². The molecule has 8 heteroatoms. The number of carbonyl (C=O) groups excluding carboxylic acids is 2. The molecule has 1 aromatic carbocycles. The number of nitrogens with two attached hydrogens (primary N) is 1. The zero-order valence-electron chi connectivity index (χ0n) is 11.4. The number of nitrogens with one attached hydrogen (secondary N) is 2. The highest BCUT2D eigenvalue weighted by Gasteiger charge is 2.15. The summed E-state index contributed by atoms with van der Waals surface area (Å²) in [4.78, 5) is 23.5. The summed E-state index contributed by atoms with van der Waals surface area (Å²) in [5.41, 5.74) is 6.81. The molecule has 0 unspecified atom stereocenters. The Morgan fingerprint density at radius 3 is 2.43 bits per heavy atom. The van der Waals surface area contributed by atoms with Gasteiger partial charge in [-0.3, -0.25) is 9.59 Å². The Kier molecular flexibility index (Phi) is 4.50. The lowest BCUT2D eigenvalue weighted by atomic mass is 10.1. The summed E-state index contributed by atoms with van der Waals surface area (Å²) in [7, 11) is 0. The van der Waals surface area contributed by atoms with Gasteiger partial charge in [0, 0.05) is 18.7 Å². The molecule has 2 amide bonds. The van der Waals surface area contributed by atoms with Crippen molar-refractivity contribution in [3.05, 3.63) is 41.1 Å². The van der Waals surface area contributed by atoms with Crippen molar-refractivity contribution in [3.8, 4) is 0 Å². The van der Waals surface area contributed by atoms with Crippen LogP contribution in [0.2, 0.25) is 0 Å². The standard InChI is InChI=1S/C13H15N5O3/c1-8-4-2-3-5-9(8)12(19)15-6-7-16-13(20)10-11(14)18-21-17-10/h2-5H,6-7H2,1H3,(H2,14,18)(H,15,19)(H,16,20). The van der Waals surface area contributed by atoms with E-state index in [4.69, 9.17) is 5.73 Å². The summed E-state index contributed by atoms with van der Waals surface area (Å²) in [5, 5.41) is 11.9. The Morgan fingerprint density at radius 2 is 1.81 bits per heavy atom. The van der Waals surface area contributed by atoms with Gasteiger partial charge in [-0.2, -0.15) is 0 Å². The molecule has 8 nitrogen and oxygen atoms in total. The van der Waals surface area contributed by atoms with Crippen LogP contribution < -0.4 is 16.4 Å². The second kappa shape index (κ2) is 6.51. The number of nitrogens with zero attached hydrogens (tertiary/aromatic N) is 2. The van der Waals surface area contributed by atoms with E-state index in [-0.39, 0.29) is 30.5 Å². The zero-order valence-corrected chi connectivity index (χ0v) is 11.4. The first-order valence-corrected chi connectivity index (χ1v) is 6.29. The van der Waals surface area contributed by atoms with E-state index < -0.39 is 5.91 Å². The third kappa shape index (κ3) is 3.56. The van der Waals surface area contributed by atoms with E-state index in [0.29, 0.717) is 5.56 Å². The number of aryl methyl sites for hydroxylation is 1. The van der Waals surface area contributed by atoms with E-state index in [9.17, 15) is 9.59 Å². The van der Waals surface area contributed by atoms with Gasteiger partial charge in [-0.25, -0.2) is 4.63 Å². The monoisotopic (exact) mass is 289 g/mol. The lowest BCUT2D eigenvalue weighted by Gasteiger charge is -2.08. The second-order valence-corrected chi connectivity index (χ2v) is 4.32. The zero-order chi connectivity index (χ0) is 15.2. The highest BCUT2D eigenvalue weighted by atomic mass is 16.6. The van der Waals surface area contributed by atoms with Crippen LogP contribution in [0.3, 0.4) is 0 Å². The van der Waals surface area contributed by atoms with Crippen LogP contribution in [-0.2, 0) is 0 Å². The van der Waals surface area contributed by atoms with Crippen LogP contribution in [0.5, 0.6) is 0 Å². The van der Waals surface area contributed by atoms with Crippen molar-refractivity contribution in [1.29, 1.82) is 0 Å². The molecule has 0 spiro atoms. The van der Waals surface area contributed by atoms with Gasteiger partial charge in [-0.05, 0) is 28.9 Å². The van der Waals surface area contributed by atoms with Gasteiger partial charge < -0.3 is 16.4 Å². The number of anilines is 1. The topological polar surface area (TPSA) is 123 Å². The van der Waals surface area contributed by atoms with E-state index >= 15 is 0 Å². The summed E-state index contributed by atoms with van der Waals surface area (Å²) in [5.74, 6) is -0.764. The fraction of sp³-hybridized carbons (Fsp3) is 0.231. The molecule has 1 heterocycles. The highest BCUT2D eigenvalue weighted by molar-refractivity contribution is 5.96. The lowest BCUT2D eigenvalue weighted by Crippen LogP contribution is -2.35. The maximum absolute atomic E-state index is 11.9. The Labute approximate surface area is 120 Å². The summed E-state index contributed by atoms with van der Waals surface area (Å²) in [6.45, 7) is 2.38. The fourth-order valence-corrected chi connectivity index (χ4v) is 1.71. The molecule has 0 aliphatic rings. The van der Waals surface area contributed by atoms with E-state index in [2.05, 4.69) is 25.6 Å². The van der Waals surface area contributed by atoms with Gasteiger partial charge >= 0.3 is 0 Å². The van der Waals surface area contributed by atoms with Crippen LogP contribution in [0.4, 0.5) is 5.82 Å². The van der Waals surface area contributed by atoms with E-state index in [0.717, 1.165) is 5.56 Å². The summed E-state index contributed by atoms with van der Waals surface area (Å²) < 4.78 is 4.33. The van der Waals surface area contributed by atoms with Crippen molar-refractivity contribution in [3.63, 3.8) is 0 Å². The first kappa shape index (κ1) is 14.5. The summed E-state index contributed by atoms with van der Waals surface area (Å²) >= 11 is 0. The predicted octanol–water partition coefficient (Wildman–Crippen LogP) is 0.120. The van der Waals surface area contributed by atoms with Crippen LogP contribution in [0.25, 0.3) is 0 Å². The van der Waals surface area contributed by atoms with Crippen molar-refractivity contribution in [2.24, 2.45) is 0 Å². The van der Waals surface area contributed by atoms with Crippen molar-refractivity contribution < 1.29 is 14.2 Å². The molecule has 0 saturated carbocycles. The number of amides is 2. The van der Waals surface area contributed by atoms with Gasteiger partial charge in [-0.15, -0.1) is 0 Å². The molecule has 0 bridgehead atoms. The van der Waals surface area contributed by atoms with E-state index in [1.54, 1.807) is 12.1 Å². The molecule has 0 atom stereocenters. The molecule has 0 saturated heterocycles. The molecule has 21 heavy (non-hydrogen) atoms. The minimum atomic E-state index is -0.501. The molecule has 110 valence electrons. The smallest absolute Gasteiger partial charge is 0.277 e. The van der Waals surface area contributed by atoms with Gasteiger partial charge in [-0.1, -0.05) is 18.2 Å². The van der Waals surface area contributed by atoms with Crippen molar-refractivity contribution in [1.82, 2.24) is 20.9 Å². The molecule has 1 aromatic heterocycles. The Hall–Kier alpha value is -2.90. The van der Waals surface area contributed by atoms with Gasteiger partial charge in [0.1, 0.15) is 0 Å².